The lowest BCUT2D eigenvalue weighted by Crippen LogP contribution is -2.18. The van der Waals surface area contributed by atoms with E-state index in [4.69, 9.17) is 16.7 Å². The van der Waals surface area contributed by atoms with Crippen LogP contribution in [0.25, 0.3) is 10.9 Å². The number of benzene rings is 1. The van der Waals surface area contributed by atoms with Gasteiger partial charge in [0.1, 0.15) is 0 Å². The summed E-state index contributed by atoms with van der Waals surface area (Å²) < 4.78 is 0. The fourth-order valence-electron chi connectivity index (χ4n) is 1.91. The fourth-order valence-corrected chi connectivity index (χ4v) is 1.91. The van der Waals surface area contributed by atoms with E-state index < -0.39 is 11.8 Å². The summed E-state index contributed by atoms with van der Waals surface area (Å²) in [7, 11) is 0. The van der Waals surface area contributed by atoms with Crippen molar-refractivity contribution < 1.29 is 9.59 Å². The van der Waals surface area contributed by atoms with E-state index in [0.29, 0.717) is 22.2 Å². The Balaban J connectivity index is 2.71. The van der Waals surface area contributed by atoms with Gasteiger partial charge in [0.15, 0.2) is 0 Å². The number of aromatic amines is 1. The maximum Gasteiger partial charge on any atom is 0.251 e. The van der Waals surface area contributed by atoms with Crippen molar-refractivity contribution in [2.24, 2.45) is 11.5 Å². The highest BCUT2D eigenvalue weighted by molar-refractivity contribution is 6.08. The molecule has 0 aliphatic heterocycles. The summed E-state index contributed by atoms with van der Waals surface area (Å²) in [4.78, 5) is 25.3. The number of nitriles is 1. The highest BCUT2D eigenvalue weighted by atomic mass is 16.1. The quantitative estimate of drug-likeness (QED) is 0.709. The van der Waals surface area contributed by atoms with Crippen LogP contribution in [0.1, 0.15) is 21.6 Å². The van der Waals surface area contributed by atoms with Gasteiger partial charge in [-0.25, -0.2) is 0 Å². The molecule has 2 amide bonds. The molecule has 0 unspecified atom stereocenters. The first-order chi connectivity index (χ1) is 8.52. The zero-order chi connectivity index (χ0) is 13.3. The molecule has 0 aliphatic carbocycles. The van der Waals surface area contributed by atoms with E-state index >= 15 is 0 Å². The van der Waals surface area contributed by atoms with E-state index in [0.717, 1.165) is 0 Å². The Labute approximate surface area is 102 Å². The molecule has 0 atom stereocenters. The number of H-pyrrole nitrogens is 1. The van der Waals surface area contributed by atoms with Crippen LogP contribution in [0.5, 0.6) is 0 Å². The van der Waals surface area contributed by atoms with E-state index in [1.54, 1.807) is 18.2 Å². The summed E-state index contributed by atoms with van der Waals surface area (Å²) in [5, 5.41) is 9.38. The Hall–Kier alpha value is -2.81. The molecule has 0 saturated carbocycles. The number of amides is 2. The largest absolute Gasteiger partial charge is 0.369 e. The van der Waals surface area contributed by atoms with Crippen LogP contribution in [-0.2, 0) is 11.2 Å². The number of carbonyl (C=O) groups excluding carboxylic acids is 2. The Kier molecular flexibility index (Phi) is 2.73. The van der Waals surface area contributed by atoms with Gasteiger partial charge in [0.2, 0.25) is 5.91 Å². The molecule has 0 fully saturated rings. The summed E-state index contributed by atoms with van der Waals surface area (Å²) in [6.07, 6.45) is -0.102. The highest BCUT2D eigenvalue weighted by Gasteiger charge is 2.17. The van der Waals surface area contributed by atoms with Gasteiger partial charge in [-0.05, 0) is 12.1 Å². The molecule has 0 radical (unpaired) electrons. The van der Waals surface area contributed by atoms with Gasteiger partial charge in [-0.1, -0.05) is 6.07 Å². The summed E-state index contributed by atoms with van der Waals surface area (Å²) in [6.45, 7) is 0. The molecule has 90 valence electrons. The van der Waals surface area contributed by atoms with Crippen LogP contribution in [0.2, 0.25) is 0 Å². The van der Waals surface area contributed by atoms with Crippen molar-refractivity contribution in [1.82, 2.24) is 4.98 Å². The monoisotopic (exact) mass is 242 g/mol. The molecule has 0 spiro atoms. The number of nitrogens with zero attached hydrogens (tertiary/aromatic N) is 1. The Bertz CT molecular complexity index is 694. The zero-order valence-electron chi connectivity index (χ0n) is 9.36. The van der Waals surface area contributed by atoms with Crippen LogP contribution in [-0.4, -0.2) is 16.8 Å². The maximum atomic E-state index is 11.4. The molecule has 1 aromatic heterocycles. The molecule has 1 aromatic carbocycles. The number of hydrogen-bond acceptors (Lipinski definition) is 3. The Morgan fingerprint density at radius 2 is 2.06 bits per heavy atom. The topological polar surface area (TPSA) is 126 Å². The average Bonchev–Trinajstić information content (AvgIpc) is 2.64. The molecule has 5 N–H and O–H groups in total. The number of aromatic nitrogens is 1. The second-order valence-corrected chi connectivity index (χ2v) is 3.86. The van der Waals surface area contributed by atoms with E-state index in [9.17, 15) is 9.59 Å². The summed E-state index contributed by atoms with van der Waals surface area (Å²) in [5.41, 5.74) is 12.1. The highest BCUT2D eigenvalue weighted by Crippen LogP contribution is 2.23. The molecule has 2 rings (SSSR count). The molecule has 1 heterocycles. The lowest BCUT2D eigenvalue weighted by Gasteiger charge is -1.97. The third kappa shape index (κ3) is 1.89. The predicted molar refractivity (Wildman–Crippen MR) is 64.4 cm³/mol. The van der Waals surface area contributed by atoms with Crippen molar-refractivity contribution >= 4 is 22.7 Å². The van der Waals surface area contributed by atoms with Crippen molar-refractivity contribution in [2.45, 2.75) is 6.42 Å². The lowest BCUT2D eigenvalue weighted by molar-refractivity contribution is -0.117. The Morgan fingerprint density at radius 1 is 1.33 bits per heavy atom. The number of nitrogens with one attached hydrogen (secondary N) is 1. The average molecular weight is 242 g/mol. The summed E-state index contributed by atoms with van der Waals surface area (Å²) in [5.74, 6) is -1.20. The number of nitrogens with two attached hydrogens (primary N) is 2. The van der Waals surface area contributed by atoms with Crippen molar-refractivity contribution in [2.75, 3.05) is 0 Å². The van der Waals surface area contributed by atoms with E-state index in [1.165, 1.54) is 0 Å². The zero-order valence-corrected chi connectivity index (χ0v) is 9.36. The molecular weight excluding hydrogens is 232 g/mol. The van der Waals surface area contributed by atoms with Gasteiger partial charge in [0, 0.05) is 16.6 Å². The lowest BCUT2D eigenvalue weighted by atomic mass is 10.1. The molecule has 0 saturated heterocycles. The van der Waals surface area contributed by atoms with Crippen molar-refractivity contribution in [3.8, 4) is 6.07 Å². The minimum Gasteiger partial charge on any atom is -0.369 e. The number of fused-ring (bicyclic) bond motifs is 1. The first kappa shape index (κ1) is 11.7. The molecule has 18 heavy (non-hydrogen) atoms. The van der Waals surface area contributed by atoms with Crippen molar-refractivity contribution in [1.29, 1.82) is 5.26 Å². The summed E-state index contributed by atoms with van der Waals surface area (Å²) in [6, 6.07) is 6.78. The van der Waals surface area contributed by atoms with Crippen LogP contribution in [0, 0.1) is 11.3 Å². The second kappa shape index (κ2) is 4.22. The standard InChI is InChI=1S/C12H10N4O2/c13-5-6-1-2-7-8(3-6)16-9(4-10(14)17)11(7)12(15)18/h1-3,16H,4H2,(H2,14,17)(H2,15,18). The Morgan fingerprint density at radius 3 is 2.61 bits per heavy atom. The normalized spacial score (nSPS) is 10.2. The van der Waals surface area contributed by atoms with Gasteiger partial charge in [-0.2, -0.15) is 5.26 Å². The minimum absolute atomic E-state index is 0.102. The van der Waals surface area contributed by atoms with Crippen LogP contribution in [0.15, 0.2) is 18.2 Å². The predicted octanol–water partition coefficient (Wildman–Crippen LogP) is 0.166. The van der Waals surface area contributed by atoms with Gasteiger partial charge in [0.25, 0.3) is 5.91 Å². The first-order valence-corrected chi connectivity index (χ1v) is 5.15. The number of rotatable bonds is 3. The smallest absolute Gasteiger partial charge is 0.251 e. The number of carbonyl (C=O) groups is 2. The third-order valence-corrected chi connectivity index (χ3v) is 2.60. The molecule has 0 bridgehead atoms. The van der Waals surface area contributed by atoms with Crippen LogP contribution in [0.3, 0.4) is 0 Å². The molecular formula is C12H10N4O2. The van der Waals surface area contributed by atoms with E-state index in [2.05, 4.69) is 4.98 Å². The van der Waals surface area contributed by atoms with Crippen LogP contribution in [0.4, 0.5) is 0 Å². The minimum atomic E-state index is -0.637. The van der Waals surface area contributed by atoms with E-state index in [1.807, 2.05) is 6.07 Å². The molecule has 6 nitrogen and oxygen atoms in total. The van der Waals surface area contributed by atoms with Gasteiger partial charge < -0.3 is 16.5 Å². The fraction of sp³-hybridized carbons (Fsp3) is 0.0833. The number of hydrogen-bond donors (Lipinski definition) is 3. The van der Waals surface area contributed by atoms with Crippen LogP contribution < -0.4 is 11.5 Å². The first-order valence-electron chi connectivity index (χ1n) is 5.15. The maximum absolute atomic E-state index is 11.4. The number of primary amides is 2. The van der Waals surface area contributed by atoms with Crippen molar-refractivity contribution in [3.63, 3.8) is 0 Å². The molecule has 2 aromatic rings. The van der Waals surface area contributed by atoms with Gasteiger partial charge >= 0.3 is 0 Å². The second-order valence-electron chi connectivity index (χ2n) is 3.86. The van der Waals surface area contributed by atoms with Crippen molar-refractivity contribution in [3.05, 3.63) is 35.0 Å². The SMILES string of the molecule is N#Cc1ccc2c(C(N)=O)c(CC(N)=O)[nH]c2c1. The molecule has 6 heteroatoms. The van der Waals surface area contributed by atoms with Gasteiger partial charge in [0.05, 0.1) is 23.6 Å². The third-order valence-electron chi connectivity index (χ3n) is 2.60. The van der Waals surface area contributed by atoms with Gasteiger partial charge in [-0.15, -0.1) is 0 Å². The molecule has 0 aliphatic rings. The van der Waals surface area contributed by atoms with E-state index in [-0.39, 0.29) is 12.0 Å². The van der Waals surface area contributed by atoms with Crippen LogP contribution >= 0.6 is 0 Å². The van der Waals surface area contributed by atoms with Gasteiger partial charge in [-0.3, -0.25) is 9.59 Å². The summed E-state index contributed by atoms with van der Waals surface area (Å²) >= 11 is 0.